The predicted octanol–water partition coefficient (Wildman–Crippen LogP) is 4.04. The fourth-order valence-corrected chi connectivity index (χ4v) is 13.8. The van der Waals surface area contributed by atoms with Gasteiger partial charge in [-0.25, -0.2) is 4.79 Å². The second-order valence-electron chi connectivity index (χ2n) is 21.4. The lowest BCUT2D eigenvalue weighted by atomic mass is 9.78. The monoisotopic (exact) mass is 1140 g/mol. The molecule has 11 N–H and O–H groups in total. The molecule has 14 atom stereocenters. The van der Waals surface area contributed by atoms with Crippen molar-refractivity contribution in [2.75, 3.05) is 50.0 Å². The number of hydrogen-bond acceptors (Lipinski definition) is 17. The summed E-state index contributed by atoms with van der Waals surface area (Å²) in [5.41, 5.74) is 5.85. The molecule has 3 saturated heterocycles. The van der Waals surface area contributed by atoms with Gasteiger partial charge in [0.1, 0.15) is 23.9 Å². The lowest BCUT2D eigenvalue weighted by Crippen LogP contribution is -2.59. The summed E-state index contributed by atoms with van der Waals surface area (Å²) in [6.45, 7) is 13.1. The maximum Gasteiger partial charge on any atom is 0.315 e. The SMILES string of the molecule is CC[C@H]1OC(=O)[C@H](C)[C@@H](O)[C@H](C)[C@@H](O)[C@](C)(O)C[C@@H](C)CN(CCCNC(=O)CCSSCCNC(=O)C(CCCCNC(=O)CCCCC2SCC3NC(=O)NC32)NC(=O)c2ccc(N=[N+]=[N-])cc2)[C@H](C)[C@@H](O)[C@]1(C)O. The number of ether oxygens (including phenoxy) is 1. The number of fused-ring (bicyclic) bond motifs is 1. The summed E-state index contributed by atoms with van der Waals surface area (Å²) in [6, 6.07) is 4.71. The van der Waals surface area contributed by atoms with E-state index in [0.29, 0.717) is 87.3 Å². The van der Waals surface area contributed by atoms with Crippen LogP contribution >= 0.6 is 33.3 Å². The van der Waals surface area contributed by atoms with E-state index < -0.39 is 71.4 Å². The number of carbonyl (C=O) groups excluding carboxylic acids is 6. The zero-order valence-electron chi connectivity index (χ0n) is 45.8. The van der Waals surface area contributed by atoms with E-state index in [-0.39, 0.29) is 66.6 Å². The van der Waals surface area contributed by atoms with Gasteiger partial charge >= 0.3 is 12.0 Å². The summed E-state index contributed by atoms with van der Waals surface area (Å²) in [5, 5.41) is 78.4. The van der Waals surface area contributed by atoms with Crippen LogP contribution in [0.5, 0.6) is 0 Å². The van der Waals surface area contributed by atoms with Crippen molar-refractivity contribution in [1.82, 2.24) is 36.8 Å². The standard InChI is InChI=1S/C52H86N10O12S3/c1-8-40-52(7,73)46(67)34(5)62(29-31(2)28-51(6,72)45(66)32(3)44(65)33(4)49(70)74-40)25-13-23-55-42(64)21-26-76-77-27-24-56-48(69)37(57-47(68)35-17-19-36(20-18-35)60-61-53)14-11-12-22-54-41(63)16-10-9-15-39-43-38(30-75-39)58-50(71)59-43/h17-20,31-34,37-40,43-46,65-67,72-73H,8-16,21-30H2,1-7H3,(H,54,63)(H,55,64)(H,56,69)(H,57,68)(H2,58,59,71)/t31-,32+,33-,34-,37?,38?,39?,40-,43?,44+,45-,46-,51-,52-/m1/s1. The van der Waals surface area contributed by atoms with E-state index in [4.69, 9.17) is 10.3 Å². The van der Waals surface area contributed by atoms with Crippen molar-refractivity contribution >= 4 is 74.7 Å². The molecule has 0 aromatic heterocycles. The molecule has 0 saturated carbocycles. The second-order valence-corrected chi connectivity index (χ2v) is 25.3. The molecule has 6 amide bonds. The molecule has 4 rings (SSSR count). The molecule has 1 aromatic carbocycles. The Morgan fingerprint density at radius 3 is 2.26 bits per heavy atom. The van der Waals surface area contributed by atoms with Crippen LogP contribution in [0.1, 0.15) is 129 Å². The molecule has 0 bridgehead atoms. The number of hydrogen-bond donors (Lipinski definition) is 11. The molecular formula is C52H86N10O12S3. The first-order valence-electron chi connectivity index (χ1n) is 27.1. The number of cyclic esters (lactones) is 1. The Hall–Kier alpha value is -4.04. The van der Waals surface area contributed by atoms with Crippen LogP contribution in [0.4, 0.5) is 10.5 Å². The van der Waals surface area contributed by atoms with Crippen molar-refractivity contribution in [2.45, 2.75) is 184 Å². The highest BCUT2D eigenvalue weighted by atomic mass is 33.1. The number of aliphatic hydroxyl groups excluding tert-OH is 3. The van der Waals surface area contributed by atoms with Crippen molar-refractivity contribution < 1.29 is 59.0 Å². The maximum atomic E-state index is 13.4. The molecule has 1 aromatic rings. The van der Waals surface area contributed by atoms with E-state index in [0.717, 1.165) is 25.0 Å². The zero-order chi connectivity index (χ0) is 56.9. The fourth-order valence-electron chi connectivity index (χ4n) is 10.3. The lowest BCUT2D eigenvalue weighted by Gasteiger charge is -2.43. The Morgan fingerprint density at radius 1 is 0.896 bits per heavy atom. The number of unbranched alkanes of at least 4 members (excludes halogenated alkanes) is 2. The Balaban J connectivity index is 1.19. The smallest absolute Gasteiger partial charge is 0.315 e. The van der Waals surface area contributed by atoms with Gasteiger partial charge in [-0.2, -0.15) is 11.8 Å². The number of nitrogens with one attached hydrogen (secondary N) is 6. The van der Waals surface area contributed by atoms with Gasteiger partial charge in [0.05, 0.1) is 35.8 Å². The number of urea groups is 1. The Labute approximate surface area is 465 Å². The van der Waals surface area contributed by atoms with E-state index in [1.54, 1.807) is 20.8 Å². The highest BCUT2D eigenvalue weighted by Crippen LogP contribution is 2.35. The molecule has 3 fully saturated rings. The van der Waals surface area contributed by atoms with E-state index in [2.05, 4.69) is 41.9 Å². The minimum absolute atomic E-state index is 0.0458. The van der Waals surface area contributed by atoms with Gasteiger partial charge in [-0.15, -0.1) is 0 Å². The summed E-state index contributed by atoms with van der Waals surface area (Å²) in [7, 11) is 2.97. The number of esters is 1. The highest BCUT2D eigenvalue weighted by Gasteiger charge is 2.48. The number of amides is 6. The topological polar surface area (TPSA) is 337 Å². The van der Waals surface area contributed by atoms with Crippen LogP contribution in [0.15, 0.2) is 29.4 Å². The van der Waals surface area contributed by atoms with Crippen molar-refractivity contribution in [2.24, 2.45) is 22.9 Å². The quantitative estimate of drug-likeness (QED) is 0.0119. The number of rotatable bonds is 26. The maximum absolute atomic E-state index is 13.4. The third kappa shape index (κ3) is 20.5. The average Bonchev–Trinajstić information content (AvgIpc) is 3.96. The van der Waals surface area contributed by atoms with Gasteiger partial charge in [0, 0.05) is 96.2 Å². The van der Waals surface area contributed by atoms with E-state index in [9.17, 15) is 54.3 Å². The molecule has 25 heteroatoms. The van der Waals surface area contributed by atoms with Gasteiger partial charge in [0.25, 0.3) is 5.91 Å². The number of carbonyl (C=O) groups is 6. The Bertz CT molecular complexity index is 2120. The molecular weight excluding hydrogens is 1050 g/mol. The minimum atomic E-state index is -1.88. The summed E-state index contributed by atoms with van der Waals surface area (Å²) in [5.74, 6) is -2.13. The van der Waals surface area contributed by atoms with Crippen LogP contribution in [-0.4, -0.2) is 181 Å². The number of thioether (sulfide) groups is 1. The Morgan fingerprint density at radius 2 is 1.57 bits per heavy atom. The summed E-state index contributed by atoms with van der Waals surface area (Å²) < 4.78 is 5.69. The van der Waals surface area contributed by atoms with Gasteiger partial charge in [0.2, 0.25) is 17.7 Å². The van der Waals surface area contributed by atoms with Crippen LogP contribution in [0.3, 0.4) is 0 Å². The first kappa shape index (κ1) is 65.5. The molecule has 3 aliphatic rings. The van der Waals surface area contributed by atoms with Crippen LogP contribution in [-0.2, 0) is 23.9 Å². The third-order valence-electron chi connectivity index (χ3n) is 14.9. The number of azide groups is 1. The Kier molecular flexibility index (Phi) is 27.4. The van der Waals surface area contributed by atoms with Gasteiger partial charge in [-0.05, 0) is 103 Å². The lowest BCUT2D eigenvalue weighted by molar-refractivity contribution is -0.193. The normalized spacial score (nSPS) is 30.5. The average molecular weight is 1140 g/mol. The van der Waals surface area contributed by atoms with Crippen LogP contribution in [0, 0.1) is 17.8 Å². The van der Waals surface area contributed by atoms with Crippen molar-refractivity contribution in [3.63, 3.8) is 0 Å². The summed E-state index contributed by atoms with van der Waals surface area (Å²) in [6.07, 6.45) is 0.204. The molecule has 22 nitrogen and oxygen atoms in total. The fraction of sp³-hybridized carbons (Fsp3) is 0.769. The van der Waals surface area contributed by atoms with Crippen LogP contribution in [0.2, 0.25) is 0 Å². The molecule has 0 spiro atoms. The van der Waals surface area contributed by atoms with Crippen molar-refractivity contribution in [3.05, 3.63) is 40.3 Å². The molecule has 77 heavy (non-hydrogen) atoms. The molecule has 0 radical (unpaired) electrons. The van der Waals surface area contributed by atoms with Crippen LogP contribution in [0.25, 0.3) is 10.4 Å². The molecule has 3 aliphatic heterocycles. The third-order valence-corrected chi connectivity index (χ3v) is 18.9. The van der Waals surface area contributed by atoms with E-state index >= 15 is 0 Å². The van der Waals surface area contributed by atoms with Crippen molar-refractivity contribution in [3.8, 4) is 0 Å². The molecule has 4 unspecified atom stereocenters. The van der Waals surface area contributed by atoms with Gasteiger partial charge in [-0.1, -0.05) is 66.0 Å². The molecule has 434 valence electrons. The molecule has 0 aliphatic carbocycles. The number of nitrogens with zero attached hydrogens (tertiary/aromatic N) is 4. The number of aliphatic hydroxyl groups is 5. The summed E-state index contributed by atoms with van der Waals surface area (Å²) in [4.78, 5) is 81.7. The van der Waals surface area contributed by atoms with Gasteiger partial charge in [0.15, 0.2) is 0 Å². The zero-order valence-corrected chi connectivity index (χ0v) is 48.2. The molecule has 3 heterocycles. The van der Waals surface area contributed by atoms with Crippen molar-refractivity contribution in [1.29, 1.82) is 0 Å². The minimum Gasteiger partial charge on any atom is -0.459 e. The van der Waals surface area contributed by atoms with E-state index in [1.165, 1.54) is 66.6 Å². The summed E-state index contributed by atoms with van der Waals surface area (Å²) >= 11 is 1.85. The highest BCUT2D eigenvalue weighted by molar-refractivity contribution is 8.76. The first-order valence-corrected chi connectivity index (χ1v) is 30.7. The predicted molar refractivity (Wildman–Crippen MR) is 300 cm³/mol. The van der Waals surface area contributed by atoms with Gasteiger partial charge < -0.3 is 62.2 Å². The largest absolute Gasteiger partial charge is 0.459 e. The second kappa shape index (κ2) is 32.3. The number of benzene rings is 1. The van der Waals surface area contributed by atoms with E-state index in [1.807, 2.05) is 23.6 Å². The van der Waals surface area contributed by atoms with Crippen LogP contribution < -0.4 is 31.9 Å². The van der Waals surface area contributed by atoms with Gasteiger partial charge in [-0.3, -0.25) is 28.9 Å². The first-order chi connectivity index (χ1) is 36.5.